The van der Waals surface area contributed by atoms with Gasteiger partial charge >= 0.3 is 11.9 Å². The lowest BCUT2D eigenvalue weighted by Gasteiger charge is -2.36. The minimum absolute atomic E-state index is 0.0814. The molecule has 2 aliphatic rings. The van der Waals surface area contributed by atoms with Crippen LogP contribution in [-0.2, 0) is 19.1 Å². The summed E-state index contributed by atoms with van der Waals surface area (Å²) in [4.78, 5) is 29.0. The summed E-state index contributed by atoms with van der Waals surface area (Å²) in [6, 6.07) is 5.55. The number of carbonyl (C=O) groups excluding carboxylic acids is 2. The fraction of sp³-hybridized carbons (Fsp3) is 0.364. The van der Waals surface area contributed by atoms with Gasteiger partial charge in [-0.25, -0.2) is 9.59 Å². The van der Waals surface area contributed by atoms with Crippen molar-refractivity contribution in [3.05, 3.63) is 58.9 Å². The average Bonchev–Trinajstić information content (AvgIpc) is 2.95. The molecular weight excluding hydrogens is 392 g/mol. The summed E-state index contributed by atoms with van der Waals surface area (Å²) in [5, 5.41) is 0.589. The molecule has 1 fully saturated rings. The fourth-order valence-corrected chi connectivity index (χ4v) is 4.04. The van der Waals surface area contributed by atoms with Crippen molar-refractivity contribution in [3.8, 4) is 0 Å². The van der Waals surface area contributed by atoms with Crippen molar-refractivity contribution < 1.29 is 19.1 Å². The highest BCUT2D eigenvalue weighted by atomic mass is 35.5. The van der Waals surface area contributed by atoms with E-state index in [1.165, 1.54) is 20.6 Å². The van der Waals surface area contributed by atoms with E-state index in [2.05, 4.69) is 11.8 Å². The summed E-state index contributed by atoms with van der Waals surface area (Å²) in [5.74, 6) is -0.722. The Balaban J connectivity index is 2.19. The number of anilines is 2. The van der Waals surface area contributed by atoms with Gasteiger partial charge in [0.1, 0.15) is 5.70 Å². The van der Waals surface area contributed by atoms with Gasteiger partial charge in [0.2, 0.25) is 0 Å². The molecule has 1 aromatic carbocycles. The van der Waals surface area contributed by atoms with Crippen LogP contribution in [0.4, 0.5) is 11.4 Å². The third-order valence-electron chi connectivity index (χ3n) is 5.09. The number of esters is 2. The van der Waals surface area contributed by atoms with Crippen LogP contribution >= 0.6 is 11.6 Å². The van der Waals surface area contributed by atoms with Crippen molar-refractivity contribution >= 4 is 34.9 Å². The normalized spacial score (nSPS) is 19.2. The van der Waals surface area contributed by atoms with Crippen LogP contribution in [0.1, 0.15) is 19.8 Å². The summed E-state index contributed by atoms with van der Waals surface area (Å²) in [6.07, 6.45) is 8.94. The molecule has 154 valence electrons. The molecule has 6 nitrogen and oxygen atoms in total. The third-order valence-corrected chi connectivity index (χ3v) is 5.39. The Kier molecular flexibility index (Phi) is 6.64. The molecule has 0 radical (unpaired) electrons. The average molecular weight is 417 g/mol. The second-order valence-electron chi connectivity index (χ2n) is 7.12. The smallest absolute Gasteiger partial charge is 0.355 e. The number of benzene rings is 1. The first-order valence-corrected chi connectivity index (χ1v) is 9.94. The van der Waals surface area contributed by atoms with Crippen LogP contribution in [-0.4, -0.2) is 39.2 Å². The lowest BCUT2D eigenvalue weighted by atomic mass is 9.99. The van der Waals surface area contributed by atoms with Crippen molar-refractivity contribution in [1.82, 2.24) is 0 Å². The molecule has 1 unspecified atom stereocenters. The Morgan fingerprint density at radius 2 is 1.90 bits per heavy atom. The molecule has 0 amide bonds. The number of rotatable bonds is 4. The molecule has 3 rings (SSSR count). The van der Waals surface area contributed by atoms with Crippen LogP contribution in [0, 0.1) is 5.92 Å². The number of para-hydroxylation sites is 1. The fourth-order valence-electron chi connectivity index (χ4n) is 3.76. The summed E-state index contributed by atoms with van der Waals surface area (Å²) < 4.78 is 9.89. The minimum Gasteiger partial charge on any atom is -0.465 e. The highest BCUT2D eigenvalue weighted by Crippen LogP contribution is 2.41. The highest BCUT2D eigenvalue weighted by Gasteiger charge is 2.31. The number of hydrogen-bond acceptors (Lipinski definition) is 6. The van der Waals surface area contributed by atoms with E-state index in [0.29, 0.717) is 16.6 Å². The summed E-state index contributed by atoms with van der Waals surface area (Å²) >= 11 is 6.63. The number of piperidine rings is 1. The van der Waals surface area contributed by atoms with E-state index in [0.717, 1.165) is 25.2 Å². The predicted octanol–water partition coefficient (Wildman–Crippen LogP) is 4.07. The maximum Gasteiger partial charge on any atom is 0.355 e. The minimum atomic E-state index is -0.639. The molecular formula is C22H25ClN2O4. The van der Waals surface area contributed by atoms with E-state index in [4.69, 9.17) is 21.1 Å². The molecule has 0 spiro atoms. The second kappa shape index (κ2) is 9.18. The summed E-state index contributed by atoms with van der Waals surface area (Å²) in [5.41, 5.74) is 1.73. The van der Waals surface area contributed by atoms with Gasteiger partial charge in [-0.2, -0.15) is 0 Å². The molecule has 1 atom stereocenters. The number of ether oxygens (including phenoxy) is 2. The quantitative estimate of drug-likeness (QED) is 0.690. The van der Waals surface area contributed by atoms with Crippen molar-refractivity contribution in [3.63, 3.8) is 0 Å². The number of halogens is 1. The van der Waals surface area contributed by atoms with Gasteiger partial charge in [-0.15, -0.1) is 0 Å². The largest absolute Gasteiger partial charge is 0.465 e. The van der Waals surface area contributed by atoms with E-state index in [1.54, 1.807) is 29.3 Å². The molecule has 0 N–H and O–H groups in total. The van der Waals surface area contributed by atoms with Crippen LogP contribution in [0.2, 0.25) is 5.02 Å². The topological polar surface area (TPSA) is 59.1 Å². The van der Waals surface area contributed by atoms with Gasteiger partial charge in [0.15, 0.2) is 0 Å². The molecule has 2 aliphatic heterocycles. The van der Waals surface area contributed by atoms with Crippen molar-refractivity contribution in [1.29, 1.82) is 0 Å². The second-order valence-corrected chi connectivity index (χ2v) is 7.52. The van der Waals surface area contributed by atoms with Crippen molar-refractivity contribution in [2.45, 2.75) is 19.8 Å². The van der Waals surface area contributed by atoms with Gasteiger partial charge in [0, 0.05) is 19.3 Å². The Morgan fingerprint density at radius 1 is 1.14 bits per heavy atom. The van der Waals surface area contributed by atoms with Gasteiger partial charge < -0.3 is 19.3 Å². The molecule has 1 aromatic rings. The molecule has 0 saturated carbocycles. The molecule has 2 heterocycles. The van der Waals surface area contributed by atoms with Gasteiger partial charge in [-0.3, -0.25) is 0 Å². The van der Waals surface area contributed by atoms with E-state index >= 15 is 0 Å². The maximum absolute atomic E-state index is 12.7. The van der Waals surface area contributed by atoms with Crippen molar-refractivity contribution in [2.24, 2.45) is 5.92 Å². The molecule has 0 bridgehead atoms. The Bertz CT molecular complexity index is 891. The maximum atomic E-state index is 12.7. The number of carbonyl (C=O) groups is 2. The molecule has 0 aliphatic carbocycles. The van der Waals surface area contributed by atoms with E-state index < -0.39 is 11.9 Å². The Hall–Kier alpha value is -2.73. The standard InChI is InChI=1S/C22H25ClN2O4/c1-15-8-7-12-24(14-15)20-17(23)10-6-11-18(20)25-13-5-4-9-16(21(26)28-2)19(25)22(27)29-3/h4-6,9-11,13,15H,7-8,12,14H2,1-3H3. The van der Waals surface area contributed by atoms with E-state index in [-0.39, 0.29) is 11.3 Å². The van der Waals surface area contributed by atoms with Gasteiger partial charge in [0.05, 0.1) is 36.2 Å². The number of methoxy groups -OCH3 is 2. The predicted molar refractivity (Wildman–Crippen MR) is 114 cm³/mol. The number of nitrogens with zero attached hydrogens (tertiary/aromatic N) is 2. The first-order valence-electron chi connectivity index (χ1n) is 9.56. The zero-order valence-corrected chi connectivity index (χ0v) is 17.6. The summed E-state index contributed by atoms with van der Waals surface area (Å²) in [6.45, 7) is 3.96. The van der Waals surface area contributed by atoms with E-state index in [1.807, 2.05) is 18.2 Å². The lowest BCUT2D eigenvalue weighted by molar-refractivity contribution is -0.139. The Labute approximate surface area is 176 Å². The zero-order valence-electron chi connectivity index (χ0n) is 16.9. The molecule has 1 saturated heterocycles. The molecule has 29 heavy (non-hydrogen) atoms. The van der Waals surface area contributed by atoms with Gasteiger partial charge in [-0.05, 0) is 43.0 Å². The van der Waals surface area contributed by atoms with Crippen LogP contribution in [0.25, 0.3) is 0 Å². The summed E-state index contributed by atoms with van der Waals surface area (Å²) in [7, 11) is 2.56. The Morgan fingerprint density at radius 3 is 2.59 bits per heavy atom. The third kappa shape index (κ3) is 4.32. The first kappa shape index (κ1) is 21.0. The van der Waals surface area contributed by atoms with E-state index in [9.17, 15) is 9.59 Å². The lowest BCUT2D eigenvalue weighted by Crippen LogP contribution is -2.36. The highest BCUT2D eigenvalue weighted by molar-refractivity contribution is 6.34. The SMILES string of the molecule is COC(=O)C1=C(C(=O)OC)N(c2cccc(Cl)c2N2CCCC(C)C2)C=CC=C1. The van der Waals surface area contributed by atoms with Crippen LogP contribution in [0.15, 0.2) is 53.9 Å². The van der Waals surface area contributed by atoms with Crippen LogP contribution in [0.5, 0.6) is 0 Å². The van der Waals surface area contributed by atoms with Crippen LogP contribution in [0.3, 0.4) is 0 Å². The van der Waals surface area contributed by atoms with Gasteiger partial charge in [-0.1, -0.05) is 30.7 Å². The zero-order chi connectivity index (χ0) is 21.0. The number of hydrogen-bond donors (Lipinski definition) is 0. The number of allylic oxidation sites excluding steroid dienone is 2. The first-order chi connectivity index (χ1) is 14.0. The van der Waals surface area contributed by atoms with Gasteiger partial charge in [0.25, 0.3) is 0 Å². The monoisotopic (exact) mass is 416 g/mol. The molecule has 0 aromatic heterocycles. The van der Waals surface area contributed by atoms with Crippen molar-refractivity contribution in [2.75, 3.05) is 37.1 Å². The molecule has 7 heteroatoms. The van der Waals surface area contributed by atoms with Crippen LogP contribution < -0.4 is 9.80 Å².